The normalized spacial score (nSPS) is 12.4. The first-order valence-electron chi connectivity index (χ1n) is 10.8. The van der Waals surface area contributed by atoms with Crippen LogP contribution in [0.5, 0.6) is 0 Å². The molecule has 0 fully saturated rings. The number of quaternary nitrogens is 1. The molecular weight excluding hydrogens is 468 g/mol. The van der Waals surface area contributed by atoms with Crippen LogP contribution in [0.15, 0.2) is 77.0 Å². The van der Waals surface area contributed by atoms with Crippen molar-refractivity contribution in [3.05, 3.63) is 88.8 Å². The molecule has 0 bridgehead atoms. The number of thiophene rings is 1. The van der Waals surface area contributed by atoms with Gasteiger partial charge >= 0.3 is 5.97 Å². The number of benzene rings is 2. The molecule has 0 amide bonds. The number of nitrogens with zero attached hydrogens (tertiary/aromatic N) is 1. The molecule has 0 saturated carbocycles. The van der Waals surface area contributed by atoms with Gasteiger partial charge in [0.15, 0.2) is 0 Å². The van der Waals surface area contributed by atoms with Gasteiger partial charge in [-0.15, -0.1) is 11.3 Å². The van der Waals surface area contributed by atoms with E-state index in [0.29, 0.717) is 15.9 Å². The molecule has 1 aromatic heterocycles. The summed E-state index contributed by atoms with van der Waals surface area (Å²) in [6.07, 6.45) is -0.0619. The molecule has 8 heteroatoms. The number of sulfonamides is 1. The van der Waals surface area contributed by atoms with Crippen molar-refractivity contribution in [2.75, 3.05) is 27.7 Å². The van der Waals surface area contributed by atoms with E-state index in [4.69, 9.17) is 4.74 Å². The Labute approximate surface area is 205 Å². The SMILES string of the molecule is C[N+](C)(C)CC(CC(=O)OCc1ccccc1)NS(=O)(=O)c1ccc(C#Cc2ccccc2)s1. The van der Waals surface area contributed by atoms with Crippen LogP contribution in [0.3, 0.4) is 0 Å². The number of carbonyl (C=O) groups is 1. The second kappa shape index (κ2) is 11.4. The summed E-state index contributed by atoms with van der Waals surface area (Å²) >= 11 is 1.10. The van der Waals surface area contributed by atoms with Gasteiger partial charge in [-0.1, -0.05) is 60.4 Å². The Morgan fingerprint density at radius 3 is 2.26 bits per heavy atom. The van der Waals surface area contributed by atoms with Crippen LogP contribution < -0.4 is 4.72 Å². The Balaban J connectivity index is 1.68. The first-order valence-corrected chi connectivity index (χ1v) is 13.1. The van der Waals surface area contributed by atoms with Crippen LogP contribution in [0.2, 0.25) is 0 Å². The van der Waals surface area contributed by atoms with Crippen LogP contribution in [0, 0.1) is 11.8 Å². The van der Waals surface area contributed by atoms with Gasteiger partial charge in [0.25, 0.3) is 10.0 Å². The molecule has 0 saturated heterocycles. The van der Waals surface area contributed by atoms with Gasteiger partial charge in [0.1, 0.15) is 10.8 Å². The Kier molecular flexibility index (Phi) is 8.64. The summed E-state index contributed by atoms with van der Waals surface area (Å²) in [4.78, 5) is 13.1. The third-order valence-corrected chi connectivity index (χ3v) is 7.71. The first-order chi connectivity index (χ1) is 16.1. The van der Waals surface area contributed by atoms with Crippen LogP contribution in [0.1, 0.15) is 22.4 Å². The number of esters is 1. The molecule has 0 aliphatic rings. The van der Waals surface area contributed by atoms with Crippen molar-refractivity contribution < 1.29 is 22.4 Å². The molecule has 0 aliphatic carbocycles. The van der Waals surface area contributed by atoms with E-state index in [1.807, 2.05) is 81.8 Å². The number of likely N-dealkylation sites (N-methyl/N-ethyl adjacent to an activating group) is 1. The maximum absolute atomic E-state index is 13.1. The van der Waals surface area contributed by atoms with Crippen LogP contribution in [-0.2, 0) is 26.2 Å². The second-order valence-corrected chi connectivity index (χ2v) is 11.9. The number of carbonyl (C=O) groups excluding carboxylic acids is 1. The maximum Gasteiger partial charge on any atom is 0.307 e. The van der Waals surface area contributed by atoms with Gasteiger partial charge in [0.05, 0.1) is 45.0 Å². The van der Waals surface area contributed by atoms with Crippen molar-refractivity contribution >= 4 is 27.3 Å². The van der Waals surface area contributed by atoms with Gasteiger partial charge in [-0.05, 0) is 29.8 Å². The second-order valence-electron chi connectivity index (χ2n) is 8.88. The molecule has 0 aliphatic heterocycles. The van der Waals surface area contributed by atoms with E-state index in [0.717, 1.165) is 22.5 Å². The summed E-state index contributed by atoms with van der Waals surface area (Å²) in [5.74, 6) is 5.59. The average Bonchev–Trinajstić information content (AvgIpc) is 3.26. The van der Waals surface area contributed by atoms with Crippen LogP contribution in [-0.4, -0.2) is 52.6 Å². The van der Waals surface area contributed by atoms with E-state index < -0.39 is 22.0 Å². The summed E-state index contributed by atoms with van der Waals surface area (Å²) in [5, 5.41) is 0. The number of nitrogens with one attached hydrogen (secondary N) is 1. The predicted octanol–water partition coefficient (Wildman–Crippen LogP) is 3.63. The number of rotatable bonds is 9. The Hall–Kier alpha value is -2.96. The smallest absolute Gasteiger partial charge is 0.307 e. The molecule has 34 heavy (non-hydrogen) atoms. The quantitative estimate of drug-likeness (QED) is 0.278. The van der Waals surface area contributed by atoms with Crippen molar-refractivity contribution in [2.45, 2.75) is 23.3 Å². The molecule has 3 aromatic rings. The molecule has 0 radical (unpaired) electrons. The zero-order valence-electron chi connectivity index (χ0n) is 19.5. The summed E-state index contributed by atoms with van der Waals surface area (Å²) < 4.78 is 34.9. The third-order valence-electron chi connectivity index (χ3n) is 4.70. The largest absolute Gasteiger partial charge is 0.461 e. The lowest BCUT2D eigenvalue weighted by Gasteiger charge is -2.29. The Bertz CT molecular complexity index is 1250. The molecule has 178 valence electrons. The predicted molar refractivity (Wildman–Crippen MR) is 135 cm³/mol. The summed E-state index contributed by atoms with van der Waals surface area (Å²) in [6.45, 7) is 0.573. The van der Waals surface area contributed by atoms with Gasteiger partial charge in [0.2, 0.25) is 0 Å². The molecule has 6 nitrogen and oxygen atoms in total. The van der Waals surface area contributed by atoms with Crippen LogP contribution in [0.25, 0.3) is 0 Å². The maximum atomic E-state index is 13.1. The minimum Gasteiger partial charge on any atom is -0.461 e. The van der Waals surface area contributed by atoms with Crippen LogP contribution >= 0.6 is 11.3 Å². The van der Waals surface area contributed by atoms with Crippen molar-refractivity contribution in [2.24, 2.45) is 0 Å². The highest BCUT2D eigenvalue weighted by molar-refractivity contribution is 7.91. The number of hydrogen-bond donors (Lipinski definition) is 1. The van der Waals surface area contributed by atoms with Crippen molar-refractivity contribution in [1.29, 1.82) is 0 Å². The van der Waals surface area contributed by atoms with E-state index in [2.05, 4.69) is 16.6 Å². The minimum atomic E-state index is -3.82. The highest BCUT2D eigenvalue weighted by atomic mass is 32.2. The van der Waals surface area contributed by atoms with E-state index in [1.54, 1.807) is 12.1 Å². The molecule has 3 rings (SSSR count). The lowest BCUT2D eigenvalue weighted by atomic mass is 10.2. The lowest BCUT2D eigenvalue weighted by Crippen LogP contribution is -2.49. The lowest BCUT2D eigenvalue weighted by molar-refractivity contribution is -0.871. The van der Waals surface area contributed by atoms with Gasteiger partial charge in [0, 0.05) is 5.56 Å². The Morgan fingerprint density at radius 2 is 1.62 bits per heavy atom. The zero-order valence-corrected chi connectivity index (χ0v) is 21.2. The van der Waals surface area contributed by atoms with Crippen LogP contribution in [0.4, 0.5) is 0 Å². The summed E-state index contributed by atoms with van der Waals surface area (Å²) in [5.41, 5.74) is 1.73. The van der Waals surface area contributed by atoms with Crippen molar-refractivity contribution in [3.63, 3.8) is 0 Å². The third kappa shape index (κ3) is 8.43. The van der Waals surface area contributed by atoms with E-state index in [-0.39, 0.29) is 17.2 Å². The topological polar surface area (TPSA) is 72.5 Å². The fourth-order valence-corrected chi connectivity index (χ4v) is 5.67. The average molecular weight is 498 g/mol. The van der Waals surface area contributed by atoms with E-state index >= 15 is 0 Å². The monoisotopic (exact) mass is 497 g/mol. The molecular formula is C26H29N2O4S2+. The molecule has 1 N–H and O–H groups in total. The molecule has 2 aromatic carbocycles. The summed E-state index contributed by atoms with van der Waals surface area (Å²) in [7, 11) is 2.01. The Morgan fingerprint density at radius 1 is 0.971 bits per heavy atom. The van der Waals surface area contributed by atoms with Gasteiger partial charge in [-0.3, -0.25) is 4.79 Å². The zero-order chi connectivity index (χ0) is 24.6. The van der Waals surface area contributed by atoms with Gasteiger partial charge < -0.3 is 9.22 Å². The summed E-state index contributed by atoms with van der Waals surface area (Å²) in [6, 6.07) is 21.5. The molecule has 1 atom stereocenters. The van der Waals surface area contributed by atoms with Gasteiger partial charge in [-0.2, -0.15) is 0 Å². The van der Waals surface area contributed by atoms with E-state index in [1.165, 1.54) is 0 Å². The van der Waals surface area contributed by atoms with Gasteiger partial charge in [-0.25, -0.2) is 13.1 Å². The fraction of sp³-hybridized carbons (Fsp3) is 0.269. The van der Waals surface area contributed by atoms with Crippen molar-refractivity contribution in [1.82, 2.24) is 4.72 Å². The highest BCUT2D eigenvalue weighted by Crippen LogP contribution is 2.22. The molecule has 1 unspecified atom stereocenters. The number of ether oxygens (including phenoxy) is 1. The fourth-order valence-electron chi connectivity index (χ4n) is 3.27. The first kappa shape index (κ1) is 25.7. The minimum absolute atomic E-state index is 0.0619. The van der Waals surface area contributed by atoms with E-state index in [9.17, 15) is 13.2 Å². The molecule has 1 heterocycles. The number of hydrogen-bond acceptors (Lipinski definition) is 5. The standard InChI is InChI=1S/C26H29N2O4S2/c1-28(2,3)19-23(18-25(29)32-20-22-12-8-5-9-13-22)27-34(30,31)26-17-16-24(33-26)15-14-21-10-6-4-7-11-21/h4-13,16-17,23,27H,18-20H2,1-3H3/q+1. The highest BCUT2D eigenvalue weighted by Gasteiger charge is 2.28. The van der Waals surface area contributed by atoms with Crippen molar-refractivity contribution in [3.8, 4) is 11.8 Å². The molecule has 0 spiro atoms.